The van der Waals surface area contributed by atoms with E-state index in [1.165, 1.54) is 0 Å². The van der Waals surface area contributed by atoms with Gasteiger partial charge in [-0.15, -0.1) is 0 Å². The molecule has 120 valence electrons. The van der Waals surface area contributed by atoms with E-state index in [0.717, 1.165) is 12.8 Å². The first kappa shape index (κ1) is 15.8. The minimum atomic E-state index is -1.67. The maximum absolute atomic E-state index is 12.1. The highest BCUT2D eigenvalue weighted by Crippen LogP contribution is 2.26. The molecule has 22 heavy (non-hydrogen) atoms. The number of hydrogen-bond donors (Lipinski definition) is 3. The maximum atomic E-state index is 12.1. The van der Waals surface area contributed by atoms with Crippen molar-refractivity contribution in [1.29, 1.82) is 0 Å². The molecule has 0 unspecified atom stereocenters. The monoisotopic (exact) mass is 311 g/mol. The molecule has 2 rings (SSSR count). The second-order valence-corrected chi connectivity index (χ2v) is 6.01. The highest BCUT2D eigenvalue weighted by Gasteiger charge is 2.33. The molecule has 1 saturated carbocycles. The van der Waals surface area contributed by atoms with Gasteiger partial charge in [0.2, 0.25) is 11.4 Å². The summed E-state index contributed by atoms with van der Waals surface area (Å²) in [4.78, 5) is 34.8. The molecule has 9 nitrogen and oxygen atoms in total. The van der Waals surface area contributed by atoms with Crippen LogP contribution >= 0.6 is 0 Å². The number of rotatable bonds is 4. The number of carboxylic acid groups (broad SMARTS) is 1. The summed E-state index contributed by atoms with van der Waals surface area (Å²) in [6, 6.07) is 0.0297. The van der Waals surface area contributed by atoms with E-state index in [1.807, 2.05) is 0 Å². The van der Waals surface area contributed by atoms with Crippen LogP contribution in [0.2, 0.25) is 0 Å². The molecule has 0 saturated heterocycles. The highest BCUT2D eigenvalue weighted by atomic mass is 16.7. The first-order valence-electron chi connectivity index (χ1n) is 6.71. The van der Waals surface area contributed by atoms with Crippen molar-refractivity contribution in [1.82, 2.24) is 15.8 Å². The van der Waals surface area contributed by atoms with Crippen LogP contribution in [0, 0.1) is 0 Å². The SMILES string of the molecule is CC(C)(C)NC(=O)c1noc(C(=O)NC2CC2)c1OC(=O)O. The number of amides is 2. The van der Waals surface area contributed by atoms with Crippen molar-refractivity contribution >= 4 is 18.0 Å². The van der Waals surface area contributed by atoms with Crippen LogP contribution in [0.1, 0.15) is 54.7 Å². The van der Waals surface area contributed by atoms with Crippen LogP contribution < -0.4 is 15.4 Å². The van der Waals surface area contributed by atoms with Crippen LogP contribution in [-0.2, 0) is 0 Å². The fraction of sp³-hybridized carbons (Fsp3) is 0.538. The third-order valence-electron chi connectivity index (χ3n) is 2.66. The molecule has 2 amide bonds. The number of aromatic nitrogens is 1. The Hall–Kier alpha value is -2.58. The molecule has 1 aliphatic carbocycles. The number of nitrogens with one attached hydrogen (secondary N) is 2. The lowest BCUT2D eigenvalue weighted by Crippen LogP contribution is -2.41. The first-order valence-corrected chi connectivity index (χ1v) is 6.71. The van der Waals surface area contributed by atoms with E-state index in [1.54, 1.807) is 20.8 Å². The molecule has 0 aliphatic heterocycles. The molecule has 0 bridgehead atoms. The Morgan fingerprint density at radius 1 is 1.27 bits per heavy atom. The lowest BCUT2D eigenvalue weighted by atomic mass is 10.1. The number of carbonyl (C=O) groups excluding carboxylic acids is 2. The third kappa shape index (κ3) is 3.96. The van der Waals surface area contributed by atoms with Gasteiger partial charge in [0.1, 0.15) is 0 Å². The van der Waals surface area contributed by atoms with Crippen molar-refractivity contribution in [3.05, 3.63) is 11.5 Å². The first-order chi connectivity index (χ1) is 10.2. The summed E-state index contributed by atoms with van der Waals surface area (Å²) in [5.74, 6) is -2.31. The largest absolute Gasteiger partial charge is 0.511 e. The predicted molar refractivity (Wildman–Crippen MR) is 72.9 cm³/mol. The molecule has 0 atom stereocenters. The smallest absolute Gasteiger partial charge is 0.449 e. The zero-order valence-electron chi connectivity index (χ0n) is 12.4. The maximum Gasteiger partial charge on any atom is 0.511 e. The summed E-state index contributed by atoms with van der Waals surface area (Å²) in [5, 5.41) is 17.4. The van der Waals surface area contributed by atoms with Gasteiger partial charge in [-0.25, -0.2) is 4.79 Å². The Kier molecular flexibility index (Phi) is 4.07. The normalized spacial score (nSPS) is 14.3. The van der Waals surface area contributed by atoms with Crippen molar-refractivity contribution in [2.75, 3.05) is 0 Å². The van der Waals surface area contributed by atoms with Gasteiger partial charge in [-0.2, -0.15) is 0 Å². The highest BCUT2D eigenvalue weighted by molar-refractivity contribution is 6.02. The zero-order chi connectivity index (χ0) is 16.5. The average molecular weight is 311 g/mol. The summed E-state index contributed by atoms with van der Waals surface area (Å²) in [6.45, 7) is 5.22. The second kappa shape index (κ2) is 5.66. The van der Waals surface area contributed by atoms with E-state index >= 15 is 0 Å². The Morgan fingerprint density at radius 3 is 2.41 bits per heavy atom. The van der Waals surface area contributed by atoms with Gasteiger partial charge in [-0.3, -0.25) is 9.59 Å². The standard InChI is InChI=1S/C13H17N3O6/c1-13(2,3)15-10(17)7-8(21-12(19)20)9(22-16-7)11(18)14-6-4-5-6/h6H,4-5H2,1-3H3,(H,14,18)(H,15,17)(H,19,20). The molecule has 9 heteroatoms. The minimum Gasteiger partial charge on any atom is -0.449 e. The van der Waals surface area contributed by atoms with Crippen LogP contribution in [0.5, 0.6) is 5.75 Å². The number of nitrogens with zero attached hydrogens (tertiary/aromatic N) is 1. The molecule has 1 fully saturated rings. The van der Waals surface area contributed by atoms with Gasteiger partial charge in [0.05, 0.1) is 0 Å². The third-order valence-corrected chi connectivity index (χ3v) is 2.66. The van der Waals surface area contributed by atoms with E-state index in [0.29, 0.717) is 0 Å². The lowest BCUT2D eigenvalue weighted by Gasteiger charge is -2.19. The quantitative estimate of drug-likeness (QED) is 0.711. The Labute approximate surface area is 126 Å². The van der Waals surface area contributed by atoms with E-state index in [2.05, 4.69) is 20.5 Å². The summed E-state index contributed by atoms with van der Waals surface area (Å²) in [5.41, 5.74) is -0.967. The lowest BCUT2D eigenvalue weighted by molar-refractivity contribution is 0.0894. The Balaban J connectivity index is 2.28. The van der Waals surface area contributed by atoms with Crippen LogP contribution in [-0.4, -0.2) is 39.8 Å². The van der Waals surface area contributed by atoms with E-state index in [4.69, 9.17) is 9.63 Å². The predicted octanol–water partition coefficient (Wildman–Crippen LogP) is 1.15. The van der Waals surface area contributed by atoms with Crippen molar-refractivity contribution in [2.24, 2.45) is 0 Å². The second-order valence-electron chi connectivity index (χ2n) is 6.01. The van der Waals surface area contributed by atoms with Crippen LogP contribution in [0.25, 0.3) is 0 Å². The zero-order valence-corrected chi connectivity index (χ0v) is 12.4. The molecular formula is C13H17N3O6. The topological polar surface area (TPSA) is 131 Å². The molecule has 0 spiro atoms. The summed E-state index contributed by atoms with van der Waals surface area (Å²) < 4.78 is 9.33. The molecule has 1 aliphatic rings. The van der Waals surface area contributed by atoms with Crippen molar-refractivity contribution in [3.8, 4) is 5.75 Å². The summed E-state index contributed by atoms with van der Waals surface area (Å²) >= 11 is 0. The Morgan fingerprint density at radius 2 is 1.91 bits per heavy atom. The fourth-order valence-corrected chi connectivity index (χ4v) is 1.63. The number of carbonyl (C=O) groups is 3. The summed E-state index contributed by atoms with van der Waals surface area (Å²) in [6.07, 6.45) is 0.00659. The molecule has 3 N–H and O–H groups in total. The van der Waals surface area contributed by atoms with Crippen LogP contribution in [0.15, 0.2) is 4.52 Å². The van der Waals surface area contributed by atoms with Gasteiger partial charge < -0.3 is 25.0 Å². The molecule has 1 heterocycles. The van der Waals surface area contributed by atoms with E-state index in [-0.39, 0.29) is 6.04 Å². The van der Waals surface area contributed by atoms with Gasteiger partial charge in [0.25, 0.3) is 17.6 Å². The molecular weight excluding hydrogens is 294 g/mol. The molecule has 1 aromatic rings. The van der Waals surface area contributed by atoms with Crippen molar-refractivity contribution < 1.29 is 28.8 Å². The van der Waals surface area contributed by atoms with Gasteiger partial charge in [-0.05, 0) is 33.6 Å². The minimum absolute atomic E-state index is 0.0297. The molecule has 0 radical (unpaired) electrons. The average Bonchev–Trinajstić information content (AvgIpc) is 3.05. The summed E-state index contributed by atoms with van der Waals surface area (Å²) in [7, 11) is 0. The Bertz CT molecular complexity index is 612. The van der Waals surface area contributed by atoms with E-state index < -0.39 is 40.7 Å². The van der Waals surface area contributed by atoms with E-state index in [9.17, 15) is 14.4 Å². The van der Waals surface area contributed by atoms with Gasteiger partial charge in [0.15, 0.2) is 0 Å². The number of hydrogen-bond acceptors (Lipinski definition) is 6. The van der Waals surface area contributed by atoms with Gasteiger partial charge >= 0.3 is 6.16 Å². The van der Waals surface area contributed by atoms with Gasteiger partial charge in [0, 0.05) is 11.6 Å². The van der Waals surface area contributed by atoms with Crippen molar-refractivity contribution in [3.63, 3.8) is 0 Å². The molecule has 1 aromatic heterocycles. The van der Waals surface area contributed by atoms with Crippen LogP contribution in [0.4, 0.5) is 4.79 Å². The molecule has 0 aromatic carbocycles. The van der Waals surface area contributed by atoms with Gasteiger partial charge in [-0.1, -0.05) is 5.16 Å². The van der Waals surface area contributed by atoms with Crippen LogP contribution in [0.3, 0.4) is 0 Å². The number of ether oxygens (including phenoxy) is 1. The van der Waals surface area contributed by atoms with Crippen molar-refractivity contribution in [2.45, 2.75) is 45.2 Å². The fourth-order valence-electron chi connectivity index (χ4n) is 1.63.